The Kier molecular flexibility index (Phi) is 5.17. The number of aromatic nitrogens is 3. The Hall–Kier alpha value is -3.40. The van der Waals surface area contributed by atoms with E-state index in [9.17, 15) is 22.8 Å². The molecule has 11 heteroatoms. The third kappa shape index (κ3) is 3.86. The first-order valence-corrected chi connectivity index (χ1v) is 9.06. The molecule has 0 atom stereocenters. The number of hydrogen-bond acceptors (Lipinski definition) is 4. The predicted molar refractivity (Wildman–Crippen MR) is 101 cm³/mol. The van der Waals surface area contributed by atoms with Crippen molar-refractivity contribution in [2.45, 2.75) is 6.43 Å². The van der Waals surface area contributed by atoms with Crippen molar-refractivity contribution in [1.82, 2.24) is 25.0 Å². The molecule has 2 aromatic heterocycles. The second kappa shape index (κ2) is 7.79. The summed E-state index contributed by atoms with van der Waals surface area (Å²) in [6, 6.07) is 7.70. The van der Waals surface area contributed by atoms with E-state index in [1.807, 2.05) is 0 Å². The highest BCUT2D eigenvalue weighted by atomic mass is 35.5. The van der Waals surface area contributed by atoms with Crippen LogP contribution in [0.25, 0.3) is 16.9 Å². The van der Waals surface area contributed by atoms with Gasteiger partial charge in [-0.25, -0.2) is 17.9 Å². The zero-order valence-corrected chi connectivity index (χ0v) is 15.9. The molecule has 0 saturated carbocycles. The van der Waals surface area contributed by atoms with Gasteiger partial charge in [0.25, 0.3) is 12.3 Å². The number of rotatable bonds is 4. The lowest BCUT2D eigenvalue weighted by Gasteiger charge is -2.11. The molecular formula is C19H13ClF3N5O2. The Morgan fingerprint density at radius 2 is 2.00 bits per heavy atom. The molecule has 2 amide bonds. The lowest BCUT2D eigenvalue weighted by Crippen LogP contribution is -2.30. The van der Waals surface area contributed by atoms with Crippen LogP contribution in [0.2, 0.25) is 5.02 Å². The maximum absolute atomic E-state index is 13.9. The van der Waals surface area contributed by atoms with E-state index >= 15 is 0 Å². The molecule has 0 unspecified atom stereocenters. The van der Waals surface area contributed by atoms with E-state index in [2.05, 4.69) is 15.4 Å². The van der Waals surface area contributed by atoms with Crippen LogP contribution >= 0.6 is 11.6 Å². The molecule has 1 fully saturated rings. The summed E-state index contributed by atoms with van der Waals surface area (Å²) in [7, 11) is 0. The molecule has 1 aliphatic heterocycles. The molecule has 30 heavy (non-hydrogen) atoms. The molecule has 0 spiro atoms. The largest absolute Gasteiger partial charge is 0.337 e. The fourth-order valence-corrected chi connectivity index (χ4v) is 3.27. The first-order chi connectivity index (χ1) is 14.3. The standard InChI is InChI=1S/C19H13ClF3N5O2/c20-11-3-10(4-12(21)5-11)16-7-15(19(30)27-8-17(29)25-9-27)26-28(16)13-1-2-24-14(6-13)18(22)23/h1-7,18H,8-9H2,(H,25,29). The number of alkyl halides is 2. The molecular weight excluding hydrogens is 423 g/mol. The number of hydrogen-bond donors (Lipinski definition) is 1. The van der Waals surface area contributed by atoms with Crippen molar-refractivity contribution < 1.29 is 22.8 Å². The van der Waals surface area contributed by atoms with Gasteiger partial charge in [-0.05, 0) is 36.4 Å². The van der Waals surface area contributed by atoms with Crippen molar-refractivity contribution in [3.05, 3.63) is 64.8 Å². The smallest absolute Gasteiger partial charge is 0.280 e. The van der Waals surface area contributed by atoms with E-state index in [0.717, 1.165) is 12.1 Å². The van der Waals surface area contributed by atoms with Crippen LogP contribution in [0.1, 0.15) is 22.6 Å². The van der Waals surface area contributed by atoms with Gasteiger partial charge in [-0.2, -0.15) is 5.10 Å². The molecule has 1 aliphatic rings. The van der Waals surface area contributed by atoms with Crippen LogP contribution in [0.4, 0.5) is 13.2 Å². The van der Waals surface area contributed by atoms with E-state index in [4.69, 9.17) is 11.6 Å². The summed E-state index contributed by atoms with van der Waals surface area (Å²) >= 11 is 5.95. The summed E-state index contributed by atoms with van der Waals surface area (Å²) in [5.41, 5.74) is 0.221. The maximum atomic E-state index is 13.9. The minimum atomic E-state index is -2.81. The normalized spacial score (nSPS) is 13.8. The monoisotopic (exact) mass is 435 g/mol. The van der Waals surface area contributed by atoms with Gasteiger partial charge in [-0.3, -0.25) is 14.6 Å². The zero-order chi connectivity index (χ0) is 21.4. The summed E-state index contributed by atoms with van der Waals surface area (Å²) in [5.74, 6) is -1.47. The Labute approximate surface area is 173 Å². The zero-order valence-electron chi connectivity index (χ0n) is 15.2. The number of carbonyl (C=O) groups is 2. The van der Waals surface area contributed by atoms with Crippen molar-refractivity contribution in [2.24, 2.45) is 0 Å². The third-order valence-corrected chi connectivity index (χ3v) is 4.63. The molecule has 7 nitrogen and oxygen atoms in total. The maximum Gasteiger partial charge on any atom is 0.280 e. The second-order valence-corrected chi connectivity index (χ2v) is 6.92. The number of nitrogens with one attached hydrogen (secondary N) is 1. The van der Waals surface area contributed by atoms with Crippen LogP contribution in [0.3, 0.4) is 0 Å². The van der Waals surface area contributed by atoms with Crippen molar-refractivity contribution >= 4 is 23.4 Å². The van der Waals surface area contributed by atoms with Gasteiger partial charge >= 0.3 is 0 Å². The SMILES string of the molecule is O=C1CN(C(=O)c2cc(-c3cc(F)cc(Cl)c3)n(-c3ccnc(C(F)F)c3)n2)CN1. The molecule has 1 N–H and O–H groups in total. The van der Waals surface area contributed by atoms with Crippen molar-refractivity contribution in [3.63, 3.8) is 0 Å². The molecule has 1 aromatic carbocycles. The molecule has 0 radical (unpaired) electrons. The average Bonchev–Trinajstić information content (AvgIpc) is 3.33. The first kappa shape index (κ1) is 19.9. The van der Waals surface area contributed by atoms with E-state index < -0.39 is 23.8 Å². The second-order valence-electron chi connectivity index (χ2n) is 6.49. The number of benzene rings is 1. The van der Waals surface area contributed by atoms with Crippen LogP contribution in [-0.4, -0.2) is 44.7 Å². The topological polar surface area (TPSA) is 80.1 Å². The Morgan fingerprint density at radius 1 is 1.20 bits per heavy atom. The number of amides is 2. The minimum absolute atomic E-state index is 0.0242. The molecule has 3 heterocycles. The highest BCUT2D eigenvalue weighted by Crippen LogP contribution is 2.29. The van der Waals surface area contributed by atoms with E-state index in [1.165, 1.54) is 40.0 Å². The lowest BCUT2D eigenvalue weighted by atomic mass is 10.1. The van der Waals surface area contributed by atoms with Crippen molar-refractivity contribution in [1.29, 1.82) is 0 Å². The summed E-state index contributed by atoms with van der Waals surface area (Å²) in [4.78, 5) is 29.0. The van der Waals surface area contributed by atoms with E-state index in [-0.39, 0.29) is 46.8 Å². The van der Waals surface area contributed by atoms with Gasteiger partial charge in [0, 0.05) is 16.8 Å². The van der Waals surface area contributed by atoms with Crippen LogP contribution in [0.15, 0.2) is 42.6 Å². The fourth-order valence-electron chi connectivity index (χ4n) is 3.05. The summed E-state index contributed by atoms with van der Waals surface area (Å²) in [6.07, 6.45) is -1.62. The van der Waals surface area contributed by atoms with Crippen LogP contribution in [0, 0.1) is 5.82 Å². The molecule has 0 bridgehead atoms. The van der Waals surface area contributed by atoms with Gasteiger partial charge in [-0.15, -0.1) is 0 Å². The summed E-state index contributed by atoms with van der Waals surface area (Å²) < 4.78 is 41.4. The number of nitrogens with zero attached hydrogens (tertiary/aromatic N) is 4. The van der Waals surface area contributed by atoms with Crippen LogP contribution in [-0.2, 0) is 4.79 Å². The van der Waals surface area contributed by atoms with Crippen molar-refractivity contribution in [3.8, 4) is 16.9 Å². The van der Waals surface area contributed by atoms with Gasteiger partial charge in [0.15, 0.2) is 5.69 Å². The Morgan fingerprint density at radius 3 is 2.67 bits per heavy atom. The van der Waals surface area contributed by atoms with E-state index in [1.54, 1.807) is 0 Å². The minimum Gasteiger partial charge on any atom is -0.337 e. The first-order valence-electron chi connectivity index (χ1n) is 8.69. The summed E-state index contributed by atoms with van der Waals surface area (Å²) in [5, 5.41) is 6.86. The molecule has 3 aromatic rings. The lowest BCUT2D eigenvalue weighted by molar-refractivity contribution is -0.118. The van der Waals surface area contributed by atoms with E-state index in [0.29, 0.717) is 0 Å². The summed E-state index contributed by atoms with van der Waals surface area (Å²) in [6.45, 7) is -0.103. The van der Waals surface area contributed by atoms with Gasteiger partial charge in [0.1, 0.15) is 18.1 Å². The van der Waals surface area contributed by atoms with Gasteiger partial charge in [0.05, 0.1) is 18.1 Å². The predicted octanol–water partition coefficient (Wildman–Crippen LogP) is 3.19. The number of halogens is 4. The Balaban J connectivity index is 1.84. The fraction of sp³-hybridized carbons (Fsp3) is 0.158. The van der Waals surface area contributed by atoms with Gasteiger partial charge in [-0.1, -0.05) is 11.6 Å². The highest BCUT2D eigenvalue weighted by Gasteiger charge is 2.27. The molecule has 0 aliphatic carbocycles. The molecule has 154 valence electrons. The van der Waals surface area contributed by atoms with Gasteiger partial charge in [0.2, 0.25) is 5.91 Å². The number of carbonyl (C=O) groups excluding carboxylic acids is 2. The average molecular weight is 436 g/mol. The number of pyridine rings is 1. The van der Waals surface area contributed by atoms with Crippen LogP contribution < -0.4 is 5.32 Å². The quantitative estimate of drug-likeness (QED) is 0.682. The third-order valence-electron chi connectivity index (χ3n) is 4.41. The van der Waals surface area contributed by atoms with Crippen molar-refractivity contribution in [2.75, 3.05) is 13.2 Å². The Bertz CT molecular complexity index is 1130. The highest BCUT2D eigenvalue weighted by molar-refractivity contribution is 6.30. The molecule has 1 saturated heterocycles. The molecule has 4 rings (SSSR count). The van der Waals surface area contributed by atoms with Crippen LogP contribution in [0.5, 0.6) is 0 Å². The van der Waals surface area contributed by atoms with Gasteiger partial charge < -0.3 is 10.2 Å².